The maximum Gasteiger partial charge on any atom is 0.411 e. The van der Waals surface area contributed by atoms with Crippen LogP contribution in [-0.4, -0.2) is 35.2 Å². The second-order valence-electron chi connectivity index (χ2n) is 8.96. The van der Waals surface area contributed by atoms with Gasteiger partial charge in [0.15, 0.2) is 0 Å². The molecule has 30 heavy (non-hydrogen) atoms. The van der Waals surface area contributed by atoms with Gasteiger partial charge in [-0.15, -0.1) is 0 Å². The van der Waals surface area contributed by atoms with Crippen LogP contribution < -0.4 is 10.4 Å². The standard InChI is InChI=1S/C23H27NO6/c1-23(2,3)30-22(27)24-12-6-9-18(24)21(26)28-14-10-11-16-15-7-4-5-8-17(15)20(25)29-19(16)13-14/h10-11,13,18H,4-9,12H2,1-3H3. The molecule has 1 amide bonds. The van der Waals surface area contributed by atoms with Gasteiger partial charge in [-0.05, 0) is 77.0 Å². The zero-order chi connectivity index (χ0) is 21.5. The lowest BCUT2D eigenvalue weighted by atomic mass is 9.91. The summed E-state index contributed by atoms with van der Waals surface area (Å²) < 4.78 is 16.4. The Balaban J connectivity index is 1.54. The van der Waals surface area contributed by atoms with Crippen LogP contribution in [0.5, 0.6) is 5.75 Å². The SMILES string of the molecule is CC(C)(C)OC(=O)N1CCCC1C(=O)Oc1ccc2c3c(c(=O)oc2c1)CCCC3. The molecule has 0 N–H and O–H groups in total. The van der Waals surface area contributed by atoms with Crippen molar-refractivity contribution >= 4 is 23.0 Å². The zero-order valence-electron chi connectivity index (χ0n) is 17.7. The van der Waals surface area contributed by atoms with Gasteiger partial charge in [-0.1, -0.05) is 0 Å². The Morgan fingerprint density at radius 2 is 1.83 bits per heavy atom. The number of fused-ring (bicyclic) bond motifs is 3. The molecular formula is C23H27NO6. The molecular weight excluding hydrogens is 386 g/mol. The van der Waals surface area contributed by atoms with E-state index in [1.165, 1.54) is 4.90 Å². The molecule has 2 aliphatic rings. The molecule has 1 atom stereocenters. The molecule has 4 rings (SSSR count). The molecule has 1 aliphatic heterocycles. The van der Waals surface area contributed by atoms with E-state index in [0.29, 0.717) is 30.7 Å². The second kappa shape index (κ2) is 7.78. The Kier molecular flexibility index (Phi) is 5.30. The largest absolute Gasteiger partial charge is 0.444 e. The summed E-state index contributed by atoms with van der Waals surface area (Å²) in [6, 6.07) is 4.44. The molecule has 0 bridgehead atoms. The fraction of sp³-hybridized carbons (Fsp3) is 0.522. The van der Waals surface area contributed by atoms with Crippen LogP contribution in [0, 0.1) is 0 Å². The molecule has 1 aromatic carbocycles. The van der Waals surface area contributed by atoms with Crippen molar-refractivity contribution in [2.75, 3.05) is 6.54 Å². The van der Waals surface area contributed by atoms with Crippen molar-refractivity contribution in [1.29, 1.82) is 0 Å². The van der Waals surface area contributed by atoms with Crippen LogP contribution in [0.15, 0.2) is 27.4 Å². The predicted molar refractivity (Wildman–Crippen MR) is 111 cm³/mol. The molecule has 2 heterocycles. The van der Waals surface area contributed by atoms with Crippen LogP contribution in [-0.2, 0) is 22.4 Å². The summed E-state index contributed by atoms with van der Waals surface area (Å²) >= 11 is 0. The number of esters is 1. The summed E-state index contributed by atoms with van der Waals surface area (Å²) in [5, 5.41) is 0.889. The van der Waals surface area contributed by atoms with Gasteiger partial charge in [0, 0.05) is 23.6 Å². The van der Waals surface area contributed by atoms with Crippen LogP contribution in [0.4, 0.5) is 4.79 Å². The van der Waals surface area contributed by atoms with Gasteiger partial charge in [0.25, 0.3) is 0 Å². The predicted octanol–water partition coefficient (Wildman–Crippen LogP) is 3.98. The van der Waals surface area contributed by atoms with Crippen molar-refractivity contribution in [2.45, 2.75) is 70.9 Å². The molecule has 1 saturated heterocycles. The summed E-state index contributed by atoms with van der Waals surface area (Å²) in [6.45, 7) is 5.81. The number of carbonyl (C=O) groups is 2. The van der Waals surface area contributed by atoms with E-state index in [1.807, 2.05) is 6.07 Å². The molecule has 1 aliphatic carbocycles. The van der Waals surface area contributed by atoms with Gasteiger partial charge in [-0.3, -0.25) is 4.90 Å². The highest BCUT2D eigenvalue weighted by Gasteiger charge is 2.38. The monoisotopic (exact) mass is 413 g/mol. The Hall–Kier alpha value is -2.83. The zero-order valence-corrected chi connectivity index (χ0v) is 17.7. The van der Waals surface area contributed by atoms with Crippen molar-refractivity contribution in [3.8, 4) is 5.75 Å². The van der Waals surface area contributed by atoms with Crippen molar-refractivity contribution in [3.63, 3.8) is 0 Å². The van der Waals surface area contributed by atoms with Crippen LogP contribution in [0.3, 0.4) is 0 Å². The van der Waals surface area contributed by atoms with Crippen molar-refractivity contribution in [1.82, 2.24) is 4.90 Å². The summed E-state index contributed by atoms with van der Waals surface area (Å²) in [4.78, 5) is 38.9. The highest BCUT2D eigenvalue weighted by atomic mass is 16.6. The van der Waals surface area contributed by atoms with Gasteiger partial charge in [0.1, 0.15) is 23.0 Å². The third-order valence-electron chi connectivity index (χ3n) is 5.57. The Morgan fingerprint density at radius 3 is 2.57 bits per heavy atom. The summed E-state index contributed by atoms with van der Waals surface area (Å²) in [5.74, 6) is -0.222. The molecule has 160 valence electrons. The van der Waals surface area contributed by atoms with E-state index in [1.54, 1.807) is 32.9 Å². The molecule has 0 radical (unpaired) electrons. The molecule has 1 unspecified atom stereocenters. The molecule has 1 aromatic heterocycles. The minimum atomic E-state index is -0.689. The van der Waals surface area contributed by atoms with Crippen molar-refractivity contribution in [3.05, 3.63) is 39.7 Å². The quantitative estimate of drug-likeness (QED) is 0.421. The van der Waals surface area contributed by atoms with E-state index in [2.05, 4.69) is 0 Å². The number of hydrogen-bond donors (Lipinski definition) is 0. The Labute approximate surface area is 174 Å². The lowest BCUT2D eigenvalue weighted by Crippen LogP contribution is -2.44. The number of benzene rings is 1. The van der Waals surface area contributed by atoms with E-state index in [4.69, 9.17) is 13.9 Å². The fourth-order valence-corrected chi connectivity index (χ4v) is 4.22. The summed E-state index contributed by atoms with van der Waals surface area (Å²) in [6.07, 6.45) is 4.35. The topological polar surface area (TPSA) is 86.0 Å². The highest BCUT2D eigenvalue weighted by Crippen LogP contribution is 2.30. The van der Waals surface area contributed by atoms with E-state index in [-0.39, 0.29) is 5.63 Å². The Morgan fingerprint density at radius 1 is 1.10 bits per heavy atom. The normalized spacial score (nSPS) is 18.9. The van der Waals surface area contributed by atoms with Crippen LogP contribution in [0.2, 0.25) is 0 Å². The van der Waals surface area contributed by atoms with Gasteiger partial charge in [-0.2, -0.15) is 0 Å². The van der Waals surface area contributed by atoms with E-state index < -0.39 is 23.7 Å². The molecule has 7 nitrogen and oxygen atoms in total. The first-order valence-electron chi connectivity index (χ1n) is 10.5. The fourth-order valence-electron chi connectivity index (χ4n) is 4.22. The number of amides is 1. The maximum absolute atomic E-state index is 12.8. The number of nitrogens with zero attached hydrogens (tertiary/aromatic N) is 1. The Bertz CT molecular complexity index is 1050. The van der Waals surface area contributed by atoms with Crippen LogP contribution >= 0.6 is 0 Å². The minimum Gasteiger partial charge on any atom is -0.444 e. The average Bonchev–Trinajstić information content (AvgIpc) is 3.17. The third kappa shape index (κ3) is 4.06. The van der Waals surface area contributed by atoms with Gasteiger partial charge >= 0.3 is 17.7 Å². The highest BCUT2D eigenvalue weighted by molar-refractivity contribution is 5.86. The number of rotatable bonds is 2. The molecule has 1 fully saturated rings. The molecule has 0 spiro atoms. The van der Waals surface area contributed by atoms with Crippen LogP contribution in [0.25, 0.3) is 11.0 Å². The smallest absolute Gasteiger partial charge is 0.411 e. The van der Waals surface area contributed by atoms with Crippen LogP contribution in [0.1, 0.15) is 57.6 Å². The average molecular weight is 413 g/mol. The van der Waals surface area contributed by atoms with E-state index in [9.17, 15) is 14.4 Å². The number of carbonyl (C=O) groups excluding carboxylic acids is 2. The van der Waals surface area contributed by atoms with Gasteiger partial charge < -0.3 is 13.9 Å². The lowest BCUT2D eigenvalue weighted by Gasteiger charge is -2.27. The summed E-state index contributed by atoms with van der Waals surface area (Å²) in [5.41, 5.74) is 1.27. The number of ether oxygens (including phenoxy) is 2. The second-order valence-corrected chi connectivity index (χ2v) is 8.96. The van der Waals surface area contributed by atoms with E-state index in [0.717, 1.165) is 42.2 Å². The third-order valence-corrected chi connectivity index (χ3v) is 5.57. The number of likely N-dealkylation sites (tertiary alicyclic amines) is 1. The summed E-state index contributed by atoms with van der Waals surface area (Å²) in [7, 11) is 0. The maximum atomic E-state index is 12.8. The molecule has 2 aromatic rings. The van der Waals surface area contributed by atoms with Gasteiger partial charge in [0.05, 0.1) is 0 Å². The first-order valence-corrected chi connectivity index (χ1v) is 10.5. The minimum absolute atomic E-state index is 0.294. The molecule has 7 heteroatoms. The lowest BCUT2D eigenvalue weighted by molar-refractivity contribution is -0.139. The van der Waals surface area contributed by atoms with Crippen molar-refractivity contribution in [2.24, 2.45) is 0 Å². The van der Waals surface area contributed by atoms with Gasteiger partial charge in [-0.25, -0.2) is 14.4 Å². The van der Waals surface area contributed by atoms with Crippen molar-refractivity contribution < 1.29 is 23.5 Å². The van der Waals surface area contributed by atoms with E-state index >= 15 is 0 Å². The number of hydrogen-bond acceptors (Lipinski definition) is 6. The first-order chi connectivity index (χ1) is 14.2. The number of aryl methyl sites for hydroxylation is 1. The first kappa shape index (κ1) is 20.4. The van der Waals surface area contributed by atoms with Gasteiger partial charge in [0.2, 0.25) is 0 Å². The molecule has 0 saturated carbocycles.